The summed E-state index contributed by atoms with van der Waals surface area (Å²) in [5.74, 6) is 0.846. The first-order valence-corrected chi connectivity index (χ1v) is 8.49. The number of hydrogen-bond acceptors (Lipinski definition) is 1. The van der Waals surface area contributed by atoms with E-state index in [2.05, 4.69) is 36.5 Å². The van der Waals surface area contributed by atoms with Crippen molar-refractivity contribution < 1.29 is 9.69 Å². The summed E-state index contributed by atoms with van der Waals surface area (Å²) in [6, 6.07) is 18.3. The zero-order valence-corrected chi connectivity index (χ0v) is 13.7. The van der Waals surface area contributed by atoms with Crippen molar-refractivity contribution in [3.8, 4) is 11.1 Å². The Morgan fingerprint density at radius 3 is 2.48 bits per heavy atom. The summed E-state index contributed by atoms with van der Waals surface area (Å²) < 4.78 is 0. The number of piperidine rings is 1. The monoisotopic (exact) mass is 309 g/mol. The molecule has 1 heterocycles. The summed E-state index contributed by atoms with van der Waals surface area (Å²) in [5, 5.41) is 3.02. The second kappa shape index (κ2) is 7.42. The molecule has 2 aromatic rings. The van der Waals surface area contributed by atoms with E-state index in [4.69, 9.17) is 0 Å². The van der Waals surface area contributed by atoms with Crippen LogP contribution in [0.15, 0.2) is 54.6 Å². The van der Waals surface area contributed by atoms with E-state index in [1.54, 1.807) is 0 Å². The summed E-state index contributed by atoms with van der Waals surface area (Å²) >= 11 is 0. The maximum absolute atomic E-state index is 12.2. The third-order valence-corrected chi connectivity index (χ3v) is 4.55. The number of carbonyl (C=O) groups is 1. The highest BCUT2D eigenvalue weighted by molar-refractivity contribution is 5.91. The third kappa shape index (κ3) is 4.42. The second-order valence-electron chi connectivity index (χ2n) is 6.62. The predicted octanol–water partition coefficient (Wildman–Crippen LogP) is 2.61. The van der Waals surface area contributed by atoms with Crippen LogP contribution in [0, 0.1) is 5.92 Å². The smallest absolute Gasteiger partial charge is 0.279 e. The van der Waals surface area contributed by atoms with Gasteiger partial charge in [-0.1, -0.05) is 49.4 Å². The number of nitrogens with one attached hydrogen (secondary N) is 2. The van der Waals surface area contributed by atoms with Gasteiger partial charge in [-0.05, 0) is 36.1 Å². The SMILES string of the molecule is C[C@@H]1CCC[NH+](CC(=O)Nc2ccc(-c3ccccc3)cc2)C1. The normalized spacial score (nSPS) is 20.9. The van der Waals surface area contributed by atoms with Crippen LogP contribution in [0.3, 0.4) is 0 Å². The Morgan fingerprint density at radius 2 is 1.78 bits per heavy atom. The number of anilines is 1. The first kappa shape index (κ1) is 15.8. The molecule has 0 spiro atoms. The Balaban J connectivity index is 1.56. The molecule has 1 aliphatic rings. The van der Waals surface area contributed by atoms with Gasteiger partial charge in [-0.3, -0.25) is 4.79 Å². The number of amides is 1. The van der Waals surface area contributed by atoms with Gasteiger partial charge in [0.15, 0.2) is 6.54 Å². The standard InChI is InChI=1S/C20H24N2O/c1-16-6-5-13-22(14-16)15-20(23)21-19-11-9-18(10-12-19)17-7-3-2-4-8-17/h2-4,7-12,16H,5-6,13-15H2,1H3,(H,21,23)/p+1/t16-/m1/s1. The Kier molecular flexibility index (Phi) is 5.09. The van der Waals surface area contributed by atoms with Crippen LogP contribution in [0.1, 0.15) is 19.8 Å². The van der Waals surface area contributed by atoms with Crippen molar-refractivity contribution in [3.63, 3.8) is 0 Å². The Bertz CT molecular complexity index is 636. The highest BCUT2D eigenvalue weighted by atomic mass is 16.2. The molecule has 2 N–H and O–H groups in total. The molecule has 120 valence electrons. The lowest BCUT2D eigenvalue weighted by molar-refractivity contribution is -0.900. The second-order valence-corrected chi connectivity index (χ2v) is 6.62. The molecule has 3 nitrogen and oxygen atoms in total. The molecule has 3 rings (SSSR count). The third-order valence-electron chi connectivity index (χ3n) is 4.55. The van der Waals surface area contributed by atoms with Crippen molar-refractivity contribution in [1.29, 1.82) is 0 Å². The van der Waals surface area contributed by atoms with E-state index in [0.29, 0.717) is 6.54 Å². The molecule has 1 aliphatic heterocycles. The minimum atomic E-state index is 0.113. The lowest BCUT2D eigenvalue weighted by Gasteiger charge is -2.27. The van der Waals surface area contributed by atoms with Crippen molar-refractivity contribution in [1.82, 2.24) is 0 Å². The number of hydrogen-bond donors (Lipinski definition) is 2. The topological polar surface area (TPSA) is 33.5 Å². The Morgan fingerprint density at radius 1 is 1.09 bits per heavy atom. The molecule has 1 amide bonds. The molecule has 0 saturated carbocycles. The number of carbonyl (C=O) groups excluding carboxylic acids is 1. The van der Waals surface area contributed by atoms with Gasteiger partial charge in [0.25, 0.3) is 5.91 Å². The number of rotatable bonds is 4. The average molecular weight is 309 g/mol. The predicted molar refractivity (Wildman–Crippen MR) is 94.5 cm³/mol. The van der Waals surface area contributed by atoms with Crippen molar-refractivity contribution >= 4 is 11.6 Å². The molecule has 1 unspecified atom stereocenters. The van der Waals surface area contributed by atoms with Crippen LogP contribution in [0.4, 0.5) is 5.69 Å². The van der Waals surface area contributed by atoms with Crippen molar-refractivity contribution in [2.75, 3.05) is 25.0 Å². The fourth-order valence-electron chi connectivity index (χ4n) is 3.37. The van der Waals surface area contributed by atoms with E-state index in [9.17, 15) is 4.79 Å². The van der Waals surface area contributed by atoms with Gasteiger partial charge in [0, 0.05) is 11.6 Å². The van der Waals surface area contributed by atoms with Gasteiger partial charge in [-0.2, -0.15) is 0 Å². The molecule has 1 fully saturated rings. The van der Waals surface area contributed by atoms with Crippen molar-refractivity contribution in [2.24, 2.45) is 5.92 Å². The van der Waals surface area contributed by atoms with Crippen molar-refractivity contribution in [3.05, 3.63) is 54.6 Å². The van der Waals surface area contributed by atoms with Crippen LogP contribution in [0.25, 0.3) is 11.1 Å². The molecule has 23 heavy (non-hydrogen) atoms. The van der Waals surface area contributed by atoms with Crippen LogP contribution in [-0.2, 0) is 4.79 Å². The van der Waals surface area contributed by atoms with Gasteiger partial charge in [-0.25, -0.2) is 0 Å². The van der Waals surface area contributed by atoms with Gasteiger partial charge in [0.1, 0.15) is 0 Å². The quantitative estimate of drug-likeness (QED) is 0.894. The van der Waals surface area contributed by atoms with Crippen molar-refractivity contribution in [2.45, 2.75) is 19.8 Å². The zero-order chi connectivity index (χ0) is 16.1. The van der Waals surface area contributed by atoms with Gasteiger partial charge in [0.2, 0.25) is 0 Å². The van der Waals surface area contributed by atoms with E-state index in [-0.39, 0.29) is 5.91 Å². The average Bonchev–Trinajstić information content (AvgIpc) is 2.56. The molecule has 2 atom stereocenters. The zero-order valence-electron chi connectivity index (χ0n) is 13.7. The summed E-state index contributed by atoms with van der Waals surface area (Å²) in [6.07, 6.45) is 2.53. The summed E-state index contributed by atoms with van der Waals surface area (Å²) in [5.41, 5.74) is 3.23. The molecule has 1 saturated heterocycles. The fourth-order valence-corrected chi connectivity index (χ4v) is 3.37. The van der Waals surface area contributed by atoms with Crippen LogP contribution >= 0.6 is 0 Å². The van der Waals surface area contributed by atoms with Gasteiger partial charge >= 0.3 is 0 Å². The molecule has 0 bridgehead atoms. The van der Waals surface area contributed by atoms with Crippen LogP contribution in [0.5, 0.6) is 0 Å². The summed E-state index contributed by atoms with van der Waals surface area (Å²) in [7, 11) is 0. The number of likely N-dealkylation sites (tertiary alicyclic amines) is 1. The maximum atomic E-state index is 12.2. The number of benzene rings is 2. The highest BCUT2D eigenvalue weighted by Crippen LogP contribution is 2.20. The highest BCUT2D eigenvalue weighted by Gasteiger charge is 2.21. The largest absolute Gasteiger partial charge is 0.327 e. The van der Waals surface area contributed by atoms with Gasteiger partial charge in [-0.15, -0.1) is 0 Å². The summed E-state index contributed by atoms with van der Waals surface area (Å²) in [4.78, 5) is 13.6. The minimum Gasteiger partial charge on any atom is -0.327 e. The molecule has 0 radical (unpaired) electrons. The lowest BCUT2D eigenvalue weighted by atomic mass is 10.0. The van der Waals surface area contributed by atoms with Gasteiger partial charge < -0.3 is 10.2 Å². The minimum absolute atomic E-state index is 0.113. The fraction of sp³-hybridized carbons (Fsp3) is 0.350. The Labute approximate surface area is 138 Å². The Hall–Kier alpha value is -2.13. The van der Waals surface area contributed by atoms with Gasteiger partial charge in [0.05, 0.1) is 13.1 Å². The van der Waals surface area contributed by atoms with E-state index in [0.717, 1.165) is 24.7 Å². The molecular weight excluding hydrogens is 284 g/mol. The first-order valence-electron chi connectivity index (χ1n) is 8.49. The maximum Gasteiger partial charge on any atom is 0.279 e. The molecule has 0 aromatic heterocycles. The summed E-state index contributed by atoms with van der Waals surface area (Å²) in [6.45, 7) is 5.08. The van der Waals surface area contributed by atoms with Crippen LogP contribution in [-0.4, -0.2) is 25.5 Å². The molecule has 3 heteroatoms. The van der Waals surface area contributed by atoms with E-state index < -0.39 is 0 Å². The molecular formula is C20H25N2O+. The first-order chi connectivity index (χ1) is 11.2. The van der Waals surface area contributed by atoms with E-state index in [1.165, 1.54) is 28.9 Å². The van der Waals surface area contributed by atoms with E-state index in [1.807, 2.05) is 30.3 Å². The van der Waals surface area contributed by atoms with Crippen LogP contribution < -0.4 is 10.2 Å². The lowest BCUT2D eigenvalue weighted by Crippen LogP contribution is -3.14. The van der Waals surface area contributed by atoms with E-state index >= 15 is 0 Å². The molecule has 2 aromatic carbocycles. The molecule has 0 aliphatic carbocycles. The van der Waals surface area contributed by atoms with Crippen LogP contribution in [0.2, 0.25) is 0 Å². The number of quaternary nitrogens is 1.